The molecule has 0 radical (unpaired) electrons. The summed E-state index contributed by atoms with van der Waals surface area (Å²) in [4.78, 5) is 14.6. The van der Waals surface area contributed by atoms with Gasteiger partial charge in [-0.1, -0.05) is 13.0 Å². The van der Waals surface area contributed by atoms with Gasteiger partial charge in [0.2, 0.25) is 0 Å². The van der Waals surface area contributed by atoms with E-state index in [0.29, 0.717) is 42.2 Å². The van der Waals surface area contributed by atoms with Gasteiger partial charge in [0, 0.05) is 12.6 Å². The second-order valence-electron chi connectivity index (χ2n) is 5.48. The number of ether oxygens (including phenoxy) is 2. The van der Waals surface area contributed by atoms with Gasteiger partial charge in [-0.3, -0.25) is 4.79 Å². The fourth-order valence-corrected chi connectivity index (χ4v) is 2.98. The van der Waals surface area contributed by atoms with Crippen molar-refractivity contribution in [2.24, 2.45) is 5.92 Å². The molecular formula is C15H19NO3. The van der Waals surface area contributed by atoms with Crippen molar-refractivity contribution >= 4 is 5.91 Å². The molecule has 1 fully saturated rings. The number of hydrogen-bond donors (Lipinski definition) is 0. The van der Waals surface area contributed by atoms with Gasteiger partial charge < -0.3 is 14.4 Å². The predicted molar refractivity (Wildman–Crippen MR) is 71.7 cm³/mol. The van der Waals surface area contributed by atoms with Gasteiger partial charge >= 0.3 is 0 Å². The van der Waals surface area contributed by atoms with Crippen LogP contribution >= 0.6 is 0 Å². The van der Waals surface area contributed by atoms with Crippen LogP contribution in [-0.2, 0) is 0 Å². The SMILES string of the molecule is CC1CC(C)N(C(=O)c2cccc3c2OCCO3)C1. The zero-order chi connectivity index (χ0) is 13.4. The molecule has 0 bridgehead atoms. The van der Waals surface area contributed by atoms with Crippen molar-refractivity contribution in [3.8, 4) is 11.5 Å². The molecule has 0 spiro atoms. The van der Waals surface area contributed by atoms with E-state index in [0.717, 1.165) is 13.0 Å². The van der Waals surface area contributed by atoms with E-state index in [4.69, 9.17) is 9.47 Å². The minimum atomic E-state index is 0.0548. The van der Waals surface area contributed by atoms with Crippen LogP contribution in [0.15, 0.2) is 18.2 Å². The fraction of sp³-hybridized carbons (Fsp3) is 0.533. The van der Waals surface area contributed by atoms with Crippen molar-refractivity contribution in [1.82, 2.24) is 4.90 Å². The van der Waals surface area contributed by atoms with Gasteiger partial charge in [-0.05, 0) is 31.4 Å². The summed E-state index contributed by atoms with van der Waals surface area (Å²) in [6.07, 6.45) is 1.07. The normalized spacial score (nSPS) is 25.5. The predicted octanol–water partition coefficient (Wildman–Crippen LogP) is 2.33. The number of hydrogen-bond acceptors (Lipinski definition) is 3. The van der Waals surface area contributed by atoms with E-state index in [1.54, 1.807) is 0 Å². The van der Waals surface area contributed by atoms with Crippen LogP contribution in [0, 0.1) is 5.92 Å². The summed E-state index contributed by atoms with van der Waals surface area (Å²) in [6.45, 7) is 6.16. The zero-order valence-corrected chi connectivity index (χ0v) is 11.4. The van der Waals surface area contributed by atoms with Gasteiger partial charge in [0.15, 0.2) is 11.5 Å². The van der Waals surface area contributed by atoms with Crippen molar-refractivity contribution in [1.29, 1.82) is 0 Å². The lowest BCUT2D eigenvalue weighted by Gasteiger charge is -2.25. The van der Waals surface area contributed by atoms with Crippen LogP contribution < -0.4 is 9.47 Å². The molecule has 102 valence electrons. The minimum absolute atomic E-state index is 0.0548. The number of para-hydroxylation sites is 1. The molecule has 0 saturated carbocycles. The Morgan fingerprint density at radius 1 is 1.26 bits per heavy atom. The molecule has 2 aliphatic rings. The Labute approximate surface area is 113 Å². The number of benzene rings is 1. The fourth-order valence-electron chi connectivity index (χ4n) is 2.98. The molecule has 0 aliphatic carbocycles. The van der Waals surface area contributed by atoms with Gasteiger partial charge in [-0.15, -0.1) is 0 Å². The maximum atomic E-state index is 12.7. The van der Waals surface area contributed by atoms with Gasteiger partial charge in [0.25, 0.3) is 5.91 Å². The molecule has 1 amide bonds. The molecule has 1 aromatic carbocycles. The van der Waals surface area contributed by atoms with Crippen molar-refractivity contribution in [3.63, 3.8) is 0 Å². The van der Waals surface area contributed by atoms with E-state index in [-0.39, 0.29) is 5.91 Å². The highest BCUT2D eigenvalue weighted by atomic mass is 16.6. The quantitative estimate of drug-likeness (QED) is 0.778. The van der Waals surface area contributed by atoms with Crippen LogP contribution in [0.3, 0.4) is 0 Å². The van der Waals surface area contributed by atoms with E-state index in [1.165, 1.54) is 0 Å². The van der Waals surface area contributed by atoms with Crippen LogP contribution in [0.5, 0.6) is 11.5 Å². The molecule has 0 N–H and O–H groups in total. The minimum Gasteiger partial charge on any atom is -0.486 e. The maximum Gasteiger partial charge on any atom is 0.258 e. The average Bonchev–Trinajstić information content (AvgIpc) is 2.76. The maximum absolute atomic E-state index is 12.7. The Hall–Kier alpha value is -1.71. The Morgan fingerprint density at radius 2 is 2.05 bits per heavy atom. The molecule has 0 aromatic heterocycles. The highest BCUT2D eigenvalue weighted by molar-refractivity contribution is 5.98. The van der Waals surface area contributed by atoms with E-state index >= 15 is 0 Å². The van der Waals surface area contributed by atoms with E-state index in [1.807, 2.05) is 23.1 Å². The van der Waals surface area contributed by atoms with Crippen molar-refractivity contribution < 1.29 is 14.3 Å². The lowest BCUT2D eigenvalue weighted by Crippen LogP contribution is -2.34. The van der Waals surface area contributed by atoms with Crippen molar-refractivity contribution in [2.75, 3.05) is 19.8 Å². The average molecular weight is 261 g/mol. The molecule has 4 heteroatoms. The summed E-state index contributed by atoms with van der Waals surface area (Å²) in [5, 5.41) is 0. The molecule has 1 aromatic rings. The number of rotatable bonds is 1. The molecule has 3 rings (SSSR count). The van der Waals surface area contributed by atoms with Crippen LogP contribution in [0.4, 0.5) is 0 Å². The Kier molecular flexibility index (Phi) is 3.09. The first-order valence-electron chi connectivity index (χ1n) is 6.86. The van der Waals surface area contributed by atoms with Gasteiger partial charge in [-0.25, -0.2) is 0 Å². The van der Waals surface area contributed by atoms with Gasteiger partial charge in [-0.2, -0.15) is 0 Å². The number of nitrogens with zero attached hydrogens (tertiary/aromatic N) is 1. The van der Waals surface area contributed by atoms with Gasteiger partial charge in [0.05, 0.1) is 5.56 Å². The molecule has 2 aliphatic heterocycles. The van der Waals surface area contributed by atoms with Crippen LogP contribution in [-0.4, -0.2) is 36.6 Å². The third-order valence-corrected chi connectivity index (χ3v) is 3.84. The zero-order valence-electron chi connectivity index (χ0n) is 11.4. The number of amides is 1. The molecule has 2 heterocycles. The number of carbonyl (C=O) groups excluding carboxylic acids is 1. The lowest BCUT2D eigenvalue weighted by molar-refractivity contribution is 0.0733. The summed E-state index contributed by atoms with van der Waals surface area (Å²) >= 11 is 0. The summed E-state index contributed by atoms with van der Waals surface area (Å²) in [7, 11) is 0. The van der Waals surface area contributed by atoms with Crippen LogP contribution in [0.2, 0.25) is 0 Å². The lowest BCUT2D eigenvalue weighted by atomic mass is 10.1. The monoisotopic (exact) mass is 261 g/mol. The molecule has 4 nitrogen and oxygen atoms in total. The van der Waals surface area contributed by atoms with Crippen molar-refractivity contribution in [2.45, 2.75) is 26.3 Å². The molecule has 19 heavy (non-hydrogen) atoms. The van der Waals surface area contributed by atoms with Crippen LogP contribution in [0.25, 0.3) is 0 Å². The third-order valence-electron chi connectivity index (χ3n) is 3.84. The highest BCUT2D eigenvalue weighted by Gasteiger charge is 2.32. The summed E-state index contributed by atoms with van der Waals surface area (Å²) in [5.74, 6) is 1.90. The van der Waals surface area contributed by atoms with Crippen molar-refractivity contribution in [3.05, 3.63) is 23.8 Å². The van der Waals surface area contributed by atoms with E-state index in [9.17, 15) is 4.79 Å². The highest BCUT2D eigenvalue weighted by Crippen LogP contribution is 2.35. The molecular weight excluding hydrogens is 242 g/mol. The number of likely N-dealkylation sites (tertiary alicyclic amines) is 1. The standard InChI is InChI=1S/C15H19NO3/c1-10-8-11(2)16(9-10)15(17)12-4-3-5-13-14(12)19-7-6-18-13/h3-5,10-11H,6-9H2,1-2H3. The smallest absolute Gasteiger partial charge is 0.258 e. The van der Waals surface area contributed by atoms with E-state index < -0.39 is 0 Å². The molecule has 1 saturated heterocycles. The second-order valence-corrected chi connectivity index (χ2v) is 5.48. The van der Waals surface area contributed by atoms with Crippen LogP contribution in [0.1, 0.15) is 30.6 Å². The van der Waals surface area contributed by atoms with Gasteiger partial charge in [0.1, 0.15) is 13.2 Å². The first kappa shape index (κ1) is 12.3. The Bertz CT molecular complexity index is 500. The topological polar surface area (TPSA) is 38.8 Å². The Morgan fingerprint density at radius 3 is 2.79 bits per heavy atom. The Balaban J connectivity index is 1.92. The summed E-state index contributed by atoms with van der Waals surface area (Å²) in [5.41, 5.74) is 0.623. The first-order valence-corrected chi connectivity index (χ1v) is 6.86. The van der Waals surface area contributed by atoms with E-state index in [2.05, 4.69) is 13.8 Å². The first-order chi connectivity index (χ1) is 9.16. The largest absolute Gasteiger partial charge is 0.486 e. The molecule has 2 atom stereocenters. The summed E-state index contributed by atoms with van der Waals surface area (Å²) in [6, 6.07) is 5.82. The number of fused-ring (bicyclic) bond motifs is 1. The second kappa shape index (κ2) is 4.76. The summed E-state index contributed by atoms with van der Waals surface area (Å²) < 4.78 is 11.2. The third kappa shape index (κ3) is 2.15. The number of carbonyl (C=O) groups is 1. The molecule has 2 unspecified atom stereocenters.